The van der Waals surface area contributed by atoms with Crippen molar-refractivity contribution in [1.82, 2.24) is 20.6 Å². The summed E-state index contributed by atoms with van der Waals surface area (Å²) < 4.78 is 39.2. The Hall–Kier alpha value is -4.54. The monoisotopic (exact) mass is 561 g/mol. The van der Waals surface area contributed by atoms with Crippen molar-refractivity contribution in [3.05, 3.63) is 82.4 Å². The molecule has 9 nitrogen and oxygen atoms in total. The number of ether oxygens (including phenoxy) is 1. The number of aryl methyl sites for hydroxylation is 3. The van der Waals surface area contributed by atoms with E-state index >= 15 is 0 Å². The Morgan fingerprint density at radius 3 is 2.51 bits per heavy atom. The van der Waals surface area contributed by atoms with Crippen LogP contribution >= 0.6 is 0 Å². The van der Waals surface area contributed by atoms with E-state index in [-0.39, 0.29) is 18.1 Å². The topological polar surface area (TPSA) is 122 Å². The summed E-state index contributed by atoms with van der Waals surface area (Å²) in [5, 5.41) is 13.2. The van der Waals surface area contributed by atoms with Gasteiger partial charge in [-0.3, -0.25) is 9.59 Å². The largest absolute Gasteiger partial charge is 0.493 e. The molecule has 1 aliphatic carbocycles. The first-order valence-electron chi connectivity index (χ1n) is 13.5. The number of aromatic amines is 1. The number of rotatable bonds is 7. The molecule has 2 aliphatic rings. The highest BCUT2D eigenvalue weighted by Crippen LogP contribution is 2.61. The van der Waals surface area contributed by atoms with Crippen LogP contribution in [-0.4, -0.2) is 39.8 Å². The average molecular weight is 562 g/mol. The molecule has 3 heterocycles. The Labute approximate surface area is 234 Å². The fraction of sp³-hybridized carbons (Fsp3) is 0.333. The summed E-state index contributed by atoms with van der Waals surface area (Å²) in [5.74, 6) is -3.79. The molecule has 0 bridgehead atoms. The van der Waals surface area contributed by atoms with Gasteiger partial charge in [0.25, 0.3) is 5.91 Å². The maximum atomic E-state index is 14.5. The van der Waals surface area contributed by atoms with E-state index in [0.29, 0.717) is 36.2 Å². The van der Waals surface area contributed by atoms with Crippen LogP contribution in [0, 0.1) is 30.9 Å². The Bertz CT molecular complexity index is 1620. The number of benzene rings is 2. The minimum atomic E-state index is -1.16. The molecule has 1 spiro atoms. The number of amides is 2. The van der Waals surface area contributed by atoms with Gasteiger partial charge in [-0.15, -0.1) is 0 Å². The van der Waals surface area contributed by atoms with Crippen molar-refractivity contribution in [2.24, 2.45) is 5.41 Å². The van der Waals surface area contributed by atoms with Crippen LogP contribution in [0.15, 0.2) is 47.2 Å². The molecule has 1 saturated carbocycles. The lowest BCUT2D eigenvalue weighted by Gasteiger charge is -2.38. The average Bonchev–Trinajstić information content (AvgIpc) is 3.40. The SMILES string of the molecule is CCc1nonc1C(=O)N[C@H](C(=O)Nc1ccc(-c2c(C)c[nH]c2C)cc1)C1c2cc(F)c(F)cc2OCC12CC2. The number of hydrogen-bond donors (Lipinski definition) is 3. The molecule has 2 atom stereocenters. The van der Waals surface area contributed by atoms with E-state index in [1.807, 2.05) is 32.2 Å². The van der Waals surface area contributed by atoms with Gasteiger partial charge in [-0.2, -0.15) is 0 Å². The first-order chi connectivity index (χ1) is 19.7. The second-order valence-corrected chi connectivity index (χ2v) is 10.8. The zero-order valence-electron chi connectivity index (χ0n) is 22.8. The lowest BCUT2D eigenvalue weighted by Crippen LogP contribution is -2.52. The van der Waals surface area contributed by atoms with Gasteiger partial charge in [-0.25, -0.2) is 13.4 Å². The lowest BCUT2D eigenvalue weighted by atomic mass is 9.75. The molecule has 41 heavy (non-hydrogen) atoms. The zero-order chi connectivity index (χ0) is 28.9. The van der Waals surface area contributed by atoms with Gasteiger partial charge >= 0.3 is 0 Å². The van der Waals surface area contributed by atoms with Crippen molar-refractivity contribution in [2.45, 2.75) is 52.0 Å². The first-order valence-corrected chi connectivity index (χ1v) is 13.5. The molecule has 4 aromatic rings. The van der Waals surface area contributed by atoms with Gasteiger partial charge in [-0.1, -0.05) is 24.2 Å². The van der Waals surface area contributed by atoms with Crippen LogP contribution in [-0.2, 0) is 11.2 Å². The molecule has 212 valence electrons. The molecular weight excluding hydrogens is 532 g/mol. The Morgan fingerprint density at radius 2 is 1.85 bits per heavy atom. The van der Waals surface area contributed by atoms with Crippen LogP contribution in [0.5, 0.6) is 5.75 Å². The molecule has 2 amide bonds. The molecule has 0 saturated heterocycles. The minimum absolute atomic E-state index is 0.0330. The molecule has 0 radical (unpaired) electrons. The number of carbonyl (C=O) groups is 2. The Kier molecular flexibility index (Phi) is 6.59. The number of nitrogens with zero attached hydrogens (tertiary/aromatic N) is 2. The van der Waals surface area contributed by atoms with Gasteiger partial charge in [0.2, 0.25) is 5.91 Å². The van der Waals surface area contributed by atoms with Crippen LogP contribution in [0.25, 0.3) is 11.1 Å². The highest BCUT2D eigenvalue weighted by atomic mass is 19.2. The Morgan fingerprint density at radius 1 is 1.12 bits per heavy atom. The smallest absolute Gasteiger partial charge is 0.276 e. The van der Waals surface area contributed by atoms with Crippen molar-refractivity contribution in [3.63, 3.8) is 0 Å². The third kappa shape index (κ3) is 4.75. The molecule has 2 aromatic carbocycles. The number of fused-ring (bicyclic) bond motifs is 1. The first kappa shape index (κ1) is 26.7. The van der Waals surface area contributed by atoms with Crippen molar-refractivity contribution in [1.29, 1.82) is 0 Å². The predicted octanol–water partition coefficient (Wildman–Crippen LogP) is 5.22. The maximum absolute atomic E-state index is 14.5. The van der Waals surface area contributed by atoms with Gasteiger partial charge in [0.15, 0.2) is 17.3 Å². The van der Waals surface area contributed by atoms with Crippen molar-refractivity contribution >= 4 is 17.5 Å². The normalized spacial score (nSPS) is 17.4. The summed E-state index contributed by atoms with van der Waals surface area (Å²) in [7, 11) is 0. The zero-order valence-corrected chi connectivity index (χ0v) is 22.8. The number of hydrogen-bond acceptors (Lipinski definition) is 6. The van der Waals surface area contributed by atoms with Crippen LogP contribution in [0.3, 0.4) is 0 Å². The van der Waals surface area contributed by atoms with Crippen molar-refractivity contribution < 1.29 is 27.7 Å². The van der Waals surface area contributed by atoms with E-state index < -0.39 is 40.8 Å². The van der Waals surface area contributed by atoms with E-state index in [4.69, 9.17) is 9.37 Å². The molecule has 11 heteroatoms. The molecular formula is C30H29F2N5O4. The van der Waals surface area contributed by atoms with E-state index in [2.05, 4.69) is 25.9 Å². The Balaban J connectivity index is 1.35. The van der Waals surface area contributed by atoms with E-state index in [1.165, 1.54) is 0 Å². The maximum Gasteiger partial charge on any atom is 0.276 e. The molecule has 1 fully saturated rings. The second kappa shape index (κ2) is 10.1. The van der Waals surface area contributed by atoms with Crippen LogP contribution in [0.4, 0.5) is 14.5 Å². The highest BCUT2D eigenvalue weighted by Gasteiger charge is 2.58. The third-order valence-electron chi connectivity index (χ3n) is 8.18. The lowest BCUT2D eigenvalue weighted by molar-refractivity contribution is -0.119. The summed E-state index contributed by atoms with van der Waals surface area (Å²) in [6, 6.07) is 8.28. The summed E-state index contributed by atoms with van der Waals surface area (Å²) in [4.78, 5) is 30.6. The fourth-order valence-corrected chi connectivity index (χ4v) is 5.86. The number of carbonyl (C=O) groups excluding carboxylic acids is 2. The fourth-order valence-electron chi connectivity index (χ4n) is 5.86. The number of nitrogens with one attached hydrogen (secondary N) is 3. The number of H-pyrrole nitrogens is 1. The van der Waals surface area contributed by atoms with Crippen molar-refractivity contribution in [2.75, 3.05) is 11.9 Å². The van der Waals surface area contributed by atoms with E-state index in [0.717, 1.165) is 34.5 Å². The van der Waals surface area contributed by atoms with E-state index in [1.54, 1.807) is 19.1 Å². The van der Waals surface area contributed by atoms with Crippen LogP contribution in [0.1, 0.15) is 58.7 Å². The summed E-state index contributed by atoms with van der Waals surface area (Å²) in [6.07, 6.45) is 3.73. The quantitative estimate of drug-likeness (QED) is 0.285. The number of aromatic nitrogens is 3. The summed E-state index contributed by atoms with van der Waals surface area (Å²) in [5.41, 5.74) is 4.85. The third-order valence-corrected chi connectivity index (χ3v) is 8.18. The van der Waals surface area contributed by atoms with Gasteiger partial charge in [0.1, 0.15) is 17.5 Å². The minimum Gasteiger partial charge on any atom is -0.493 e. The summed E-state index contributed by atoms with van der Waals surface area (Å²) >= 11 is 0. The number of anilines is 1. The molecule has 1 unspecified atom stereocenters. The predicted molar refractivity (Wildman–Crippen MR) is 146 cm³/mol. The van der Waals surface area contributed by atoms with Gasteiger partial charge in [0.05, 0.1) is 6.61 Å². The van der Waals surface area contributed by atoms with Gasteiger partial charge in [0, 0.05) is 46.1 Å². The van der Waals surface area contributed by atoms with Gasteiger partial charge < -0.3 is 20.4 Å². The van der Waals surface area contributed by atoms with Gasteiger partial charge in [-0.05, 0) is 67.6 Å². The van der Waals surface area contributed by atoms with Crippen molar-refractivity contribution in [3.8, 4) is 16.9 Å². The molecule has 1 aliphatic heterocycles. The highest BCUT2D eigenvalue weighted by molar-refractivity contribution is 6.01. The second-order valence-electron chi connectivity index (χ2n) is 10.8. The summed E-state index contributed by atoms with van der Waals surface area (Å²) in [6.45, 7) is 6.02. The molecule has 6 rings (SSSR count). The van der Waals surface area contributed by atoms with E-state index in [9.17, 15) is 18.4 Å². The van der Waals surface area contributed by atoms with Crippen LogP contribution in [0.2, 0.25) is 0 Å². The standard InChI is InChI=1S/C30H29F2N5O4/c1-4-22-26(37-41-36-22)28(38)35-27(25-19-11-20(31)21(32)12-23(19)40-14-30(25)9-10-30)29(39)34-18-7-5-17(6-8-18)24-15(2)13-33-16(24)3/h5-8,11-13,25,27,33H,4,9-10,14H2,1-3H3,(H,34,39)(H,35,38)/t25?,27-/m0/s1. The van der Waals surface area contributed by atoms with Crippen LogP contribution < -0.4 is 15.4 Å². The number of halogens is 2. The molecule has 2 aromatic heterocycles. The molecule has 3 N–H and O–H groups in total.